The van der Waals surface area contributed by atoms with Crippen molar-refractivity contribution in [2.24, 2.45) is 4.99 Å². The first-order valence-corrected chi connectivity index (χ1v) is 8.16. The molecule has 23 heavy (non-hydrogen) atoms. The molecule has 1 aliphatic rings. The topological polar surface area (TPSA) is 67.1 Å². The smallest absolute Gasteiger partial charge is 0.133 e. The normalized spacial score (nSPS) is 14.0. The van der Waals surface area contributed by atoms with Crippen molar-refractivity contribution < 1.29 is 0 Å². The standard InChI is InChI=1S/C19H20N4/c1-2-3-4-14-10-16-18(22-14)15-6-5-12(13-7-8-21-11-13)9-17(15)23-19(16)20/h5-10,22H,2-4,11H2,1H3,(H2,20,23). The van der Waals surface area contributed by atoms with E-state index in [1.54, 1.807) is 0 Å². The van der Waals surface area contributed by atoms with Crippen LogP contribution in [-0.4, -0.2) is 22.7 Å². The molecule has 4 heteroatoms. The maximum atomic E-state index is 6.20. The average molecular weight is 304 g/mol. The van der Waals surface area contributed by atoms with E-state index in [0.717, 1.165) is 34.8 Å². The summed E-state index contributed by atoms with van der Waals surface area (Å²) < 4.78 is 0. The Balaban J connectivity index is 1.85. The summed E-state index contributed by atoms with van der Waals surface area (Å²) in [5.41, 5.74) is 11.9. The fraction of sp³-hybridized carbons (Fsp3) is 0.263. The molecule has 0 radical (unpaired) electrons. The van der Waals surface area contributed by atoms with Gasteiger partial charge in [-0.2, -0.15) is 0 Å². The predicted octanol–water partition coefficient (Wildman–Crippen LogP) is 4.11. The number of unbranched alkanes of at least 4 members (excludes halogenated alkanes) is 1. The Hall–Kier alpha value is -2.62. The van der Waals surface area contributed by atoms with Crippen molar-refractivity contribution in [1.82, 2.24) is 9.97 Å². The second-order valence-corrected chi connectivity index (χ2v) is 6.10. The quantitative estimate of drug-likeness (QED) is 0.761. The Bertz CT molecular complexity index is 947. The third-order valence-electron chi connectivity index (χ3n) is 4.47. The third kappa shape index (κ3) is 2.40. The maximum Gasteiger partial charge on any atom is 0.133 e. The summed E-state index contributed by atoms with van der Waals surface area (Å²) in [7, 11) is 0. The largest absolute Gasteiger partial charge is 0.383 e. The lowest BCUT2D eigenvalue weighted by Gasteiger charge is -2.06. The molecule has 4 rings (SSSR count). The number of nitrogens with zero attached hydrogens (tertiary/aromatic N) is 2. The van der Waals surface area contributed by atoms with Gasteiger partial charge in [-0.05, 0) is 42.2 Å². The number of pyridine rings is 1. The molecule has 0 bridgehead atoms. The molecule has 0 saturated carbocycles. The summed E-state index contributed by atoms with van der Waals surface area (Å²) in [6, 6.07) is 8.54. The van der Waals surface area contributed by atoms with Crippen LogP contribution < -0.4 is 5.73 Å². The van der Waals surface area contributed by atoms with Crippen LogP contribution in [0.1, 0.15) is 31.0 Å². The molecule has 3 N–H and O–H groups in total. The highest BCUT2D eigenvalue weighted by molar-refractivity contribution is 6.09. The first kappa shape index (κ1) is 14.0. The molecule has 3 heterocycles. The number of anilines is 1. The highest BCUT2D eigenvalue weighted by Gasteiger charge is 2.12. The van der Waals surface area contributed by atoms with Crippen LogP contribution in [0.5, 0.6) is 0 Å². The molecule has 0 fully saturated rings. The van der Waals surface area contributed by atoms with Gasteiger partial charge < -0.3 is 10.7 Å². The summed E-state index contributed by atoms with van der Waals surface area (Å²) in [6.45, 7) is 2.95. The minimum atomic E-state index is 0.597. The number of hydrogen-bond donors (Lipinski definition) is 2. The van der Waals surface area contributed by atoms with E-state index in [4.69, 9.17) is 5.73 Å². The molecule has 0 spiro atoms. The number of nitrogen functional groups attached to an aromatic ring is 1. The van der Waals surface area contributed by atoms with Crippen LogP contribution in [-0.2, 0) is 6.42 Å². The number of benzene rings is 1. The monoisotopic (exact) mass is 304 g/mol. The maximum absolute atomic E-state index is 6.20. The van der Waals surface area contributed by atoms with E-state index in [0.29, 0.717) is 5.82 Å². The first-order chi connectivity index (χ1) is 11.3. The van der Waals surface area contributed by atoms with Crippen molar-refractivity contribution in [3.63, 3.8) is 0 Å². The number of hydrogen-bond acceptors (Lipinski definition) is 3. The summed E-state index contributed by atoms with van der Waals surface area (Å²) in [5.74, 6) is 0.597. The minimum Gasteiger partial charge on any atom is -0.383 e. The number of allylic oxidation sites excluding steroid dienone is 1. The predicted molar refractivity (Wildman–Crippen MR) is 98.0 cm³/mol. The molecule has 3 aromatic rings. The zero-order chi connectivity index (χ0) is 15.8. The molecule has 116 valence electrons. The fourth-order valence-corrected chi connectivity index (χ4v) is 3.19. The summed E-state index contributed by atoms with van der Waals surface area (Å²) in [4.78, 5) is 12.4. The Morgan fingerprint density at radius 3 is 2.91 bits per heavy atom. The van der Waals surface area contributed by atoms with Gasteiger partial charge in [0.1, 0.15) is 5.82 Å². The lowest BCUT2D eigenvalue weighted by Crippen LogP contribution is -1.93. The van der Waals surface area contributed by atoms with E-state index >= 15 is 0 Å². The van der Waals surface area contributed by atoms with Crippen molar-refractivity contribution in [2.75, 3.05) is 12.3 Å². The van der Waals surface area contributed by atoms with Crippen LogP contribution >= 0.6 is 0 Å². The number of nitrogens with one attached hydrogen (secondary N) is 1. The van der Waals surface area contributed by atoms with Crippen LogP contribution in [0.2, 0.25) is 0 Å². The van der Waals surface area contributed by atoms with E-state index in [2.05, 4.69) is 52.2 Å². The lowest BCUT2D eigenvalue weighted by molar-refractivity contribution is 0.783. The average Bonchev–Trinajstić information content (AvgIpc) is 3.22. The van der Waals surface area contributed by atoms with Gasteiger partial charge in [0.25, 0.3) is 0 Å². The van der Waals surface area contributed by atoms with Crippen molar-refractivity contribution in [1.29, 1.82) is 0 Å². The summed E-state index contributed by atoms with van der Waals surface area (Å²) >= 11 is 0. The molecule has 0 amide bonds. The van der Waals surface area contributed by atoms with Gasteiger partial charge in [0.2, 0.25) is 0 Å². The number of H-pyrrole nitrogens is 1. The van der Waals surface area contributed by atoms with E-state index < -0.39 is 0 Å². The Kier molecular flexibility index (Phi) is 3.37. The number of fused-ring (bicyclic) bond motifs is 3. The summed E-state index contributed by atoms with van der Waals surface area (Å²) in [5, 5.41) is 2.15. The molecular weight excluding hydrogens is 284 g/mol. The van der Waals surface area contributed by atoms with Gasteiger partial charge in [-0.15, -0.1) is 0 Å². The molecule has 0 saturated heterocycles. The Morgan fingerprint density at radius 1 is 1.22 bits per heavy atom. The molecule has 1 aliphatic heterocycles. The molecular formula is C19H20N4. The van der Waals surface area contributed by atoms with E-state index in [1.165, 1.54) is 29.7 Å². The number of nitrogens with two attached hydrogens (primary N) is 1. The first-order valence-electron chi connectivity index (χ1n) is 8.16. The molecule has 1 aromatic carbocycles. The van der Waals surface area contributed by atoms with Gasteiger partial charge in [-0.3, -0.25) is 4.99 Å². The SMILES string of the molecule is CCCCc1cc2c(N)nc3cc(C4=CC=NC4)ccc3c2[nH]1. The molecule has 4 nitrogen and oxygen atoms in total. The van der Waals surface area contributed by atoms with Gasteiger partial charge in [0, 0.05) is 22.7 Å². The number of aryl methyl sites for hydroxylation is 1. The number of aromatic amines is 1. The van der Waals surface area contributed by atoms with Crippen molar-refractivity contribution in [3.8, 4) is 0 Å². The van der Waals surface area contributed by atoms with Crippen LogP contribution in [0, 0.1) is 0 Å². The number of aliphatic imine (C=N–C) groups is 1. The van der Waals surface area contributed by atoms with E-state index in [1.807, 2.05) is 6.21 Å². The molecule has 2 aromatic heterocycles. The molecule has 0 unspecified atom stereocenters. The van der Waals surface area contributed by atoms with E-state index in [9.17, 15) is 0 Å². The molecule has 0 aliphatic carbocycles. The summed E-state index contributed by atoms with van der Waals surface area (Å²) in [6.07, 6.45) is 7.32. The van der Waals surface area contributed by atoms with Gasteiger partial charge in [0.05, 0.1) is 17.6 Å². The van der Waals surface area contributed by atoms with Crippen molar-refractivity contribution in [2.45, 2.75) is 26.2 Å². The van der Waals surface area contributed by atoms with Gasteiger partial charge in [-0.1, -0.05) is 25.5 Å². The molecule has 0 atom stereocenters. The Labute approximate surface area is 135 Å². The van der Waals surface area contributed by atoms with Crippen molar-refractivity contribution >= 4 is 39.4 Å². The lowest BCUT2D eigenvalue weighted by atomic mass is 10.0. The second-order valence-electron chi connectivity index (χ2n) is 6.10. The number of aromatic nitrogens is 2. The van der Waals surface area contributed by atoms with Crippen LogP contribution in [0.15, 0.2) is 35.3 Å². The zero-order valence-electron chi connectivity index (χ0n) is 13.3. The van der Waals surface area contributed by atoms with Gasteiger partial charge >= 0.3 is 0 Å². The zero-order valence-corrected chi connectivity index (χ0v) is 13.3. The van der Waals surface area contributed by atoms with Crippen LogP contribution in [0.3, 0.4) is 0 Å². The highest BCUT2D eigenvalue weighted by Crippen LogP contribution is 2.31. The van der Waals surface area contributed by atoms with Crippen LogP contribution in [0.4, 0.5) is 5.82 Å². The van der Waals surface area contributed by atoms with Gasteiger partial charge in [0.15, 0.2) is 0 Å². The minimum absolute atomic E-state index is 0.597. The van der Waals surface area contributed by atoms with Crippen molar-refractivity contribution in [3.05, 3.63) is 41.6 Å². The third-order valence-corrected chi connectivity index (χ3v) is 4.47. The van der Waals surface area contributed by atoms with E-state index in [-0.39, 0.29) is 0 Å². The van der Waals surface area contributed by atoms with Gasteiger partial charge in [-0.25, -0.2) is 4.98 Å². The second kappa shape index (κ2) is 5.54. The Morgan fingerprint density at radius 2 is 2.13 bits per heavy atom. The number of rotatable bonds is 4. The highest BCUT2D eigenvalue weighted by atomic mass is 14.9. The van der Waals surface area contributed by atoms with Crippen LogP contribution in [0.25, 0.3) is 27.4 Å². The fourth-order valence-electron chi connectivity index (χ4n) is 3.19.